The summed E-state index contributed by atoms with van der Waals surface area (Å²) in [5.74, 6) is 0. The van der Waals surface area contributed by atoms with E-state index in [9.17, 15) is 0 Å². The number of thioether (sulfide) groups is 1. The van der Waals surface area contributed by atoms with Gasteiger partial charge in [0, 0.05) is 17.5 Å². The Kier molecular flexibility index (Phi) is 5.15. The Morgan fingerprint density at radius 2 is 1.87 bits per heavy atom. The first-order valence-electron chi connectivity index (χ1n) is 5.19. The Morgan fingerprint density at radius 1 is 1.27 bits per heavy atom. The van der Waals surface area contributed by atoms with Gasteiger partial charge in [-0.05, 0) is 37.8 Å². The van der Waals surface area contributed by atoms with Gasteiger partial charge in [-0.15, -0.1) is 11.8 Å². The maximum atomic E-state index is 9.16. The van der Waals surface area contributed by atoms with E-state index in [4.69, 9.17) is 5.11 Å². The highest BCUT2D eigenvalue weighted by molar-refractivity contribution is 7.98. The summed E-state index contributed by atoms with van der Waals surface area (Å²) in [6.45, 7) is 4.53. The normalized spacial score (nSPS) is 14.9. The molecule has 0 unspecified atom stereocenters. The Labute approximate surface area is 96.1 Å². The van der Waals surface area contributed by atoms with E-state index in [1.165, 1.54) is 10.5 Å². The number of rotatable bonds is 5. The Hall–Kier alpha value is -0.510. The summed E-state index contributed by atoms with van der Waals surface area (Å²) in [5, 5.41) is 12.4. The number of hydrogen-bond donors (Lipinski definition) is 2. The fourth-order valence-electron chi connectivity index (χ4n) is 1.36. The second kappa shape index (κ2) is 6.16. The second-order valence-corrected chi connectivity index (χ2v) is 4.63. The number of aliphatic hydroxyl groups is 1. The molecule has 2 N–H and O–H groups in total. The molecule has 0 saturated carbocycles. The van der Waals surface area contributed by atoms with E-state index in [1.54, 1.807) is 18.7 Å². The van der Waals surface area contributed by atoms with Crippen molar-refractivity contribution in [2.45, 2.75) is 30.9 Å². The maximum Gasteiger partial charge on any atom is 0.0636 e. The highest BCUT2D eigenvalue weighted by Crippen LogP contribution is 2.18. The summed E-state index contributed by atoms with van der Waals surface area (Å²) >= 11 is 1.75. The van der Waals surface area contributed by atoms with Gasteiger partial charge < -0.3 is 10.4 Å². The average Bonchev–Trinajstić information content (AvgIpc) is 2.26. The monoisotopic (exact) mass is 225 g/mol. The van der Waals surface area contributed by atoms with Crippen LogP contribution in [-0.4, -0.2) is 24.0 Å². The maximum absolute atomic E-state index is 9.16. The van der Waals surface area contributed by atoms with E-state index >= 15 is 0 Å². The molecule has 0 amide bonds. The van der Waals surface area contributed by atoms with Crippen molar-refractivity contribution in [1.29, 1.82) is 0 Å². The molecule has 0 spiro atoms. The van der Waals surface area contributed by atoms with E-state index in [-0.39, 0.29) is 12.1 Å². The topological polar surface area (TPSA) is 32.3 Å². The minimum atomic E-state index is -0.294. The molecule has 0 saturated heterocycles. The quantitative estimate of drug-likeness (QED) is 0.755. The summed E-state index contributed by atoms with van der Waals surface area (Å²) < 4.78 is 0. The lowest BCUT2D eigenvalue weighted by Crippen LogP contribution is -2.27. The van der Waals surface area contributed by atoms with Gasteiger partial charge in [0.1, 0.15) is 0 Å². The molecule has 2 nitrogen and oxygen atoms in total. The smallest absolute Gasteiger partial charge is 0.0636 e. The third-order valence-corrected chi connectivity index (χ3v) is 3.08. The number of hydrogen-bond acceptors (Lipinski definition) is 3. The Balaban J connectivity index is 2.54. The molecule has 0 aromatic heterocycles. The van der Waals surface area contributed by atoms with Crippen LogP contribution in [0.15, 0.2) is 29.2 Å². The zero-order valence-corrected chi connectivity index (χ0v) is 10.3. The summed E-state index contributed by atoms with van der Waals surface area (Å²) in [7, 11) is 0. The molecule has 1 aromatic carbocycles. The SMILES string of the molecule is CSc1ccc([C@@H](C)NC[C@@H](C)O)cc1. The van der Waals surface area contributed by atoms with Gasteiger partial charge in [-0.25, -0.2) is 0 Å². The van der Waals surface area contributed by atoms with Crippen LogP contribution in [-0.2, 0) is 0 Å². The fourth-order valence-corrected chi connectivity index (χ4v) is 1.77. The predicted octanol–water partition coefficient (Wildman–Crippen LogP) is 2.44. The molecule has 0 aliphatic rings. The van der Waals surface area contributed by atoms with Crippen molar-refractivity contribution >= 4 is 11.8 Å². The van der Waals surface area contributed by atoms with Gasteiger partial charge in [0.05, 0.1) is 6.10 Å². The second-order valence-electron chi connectivity index (χ2n) is 3.75. The molecule has 2 atom stereocenters. The van der Waals surface area contributed by atoms with Gasteiger partial charge in [-0.2, -0.15) is 0 Å². The molecule has 0 aliphatic carbocycles. The van der Waals surface area contributed by atoms with Crippen LogP contribution in [0, 0.1) is 0 Å². The highest BCUT2D eigenvalue weighted by atomic mass is 32.2. The van der Waals surface area contributed by atoms with E-state index in [0.717, 1.165) is 0 Å². The van der Waals surface area contributed by atoms with Crippen molar-refractivity contribution in [2.75, 3.05) is 12.8 Å². The van der Waals surface area contributed by atoms with Crippen molar-refractivity contribution in [3.63, 3.8) is 0 Å². The molecule has 84 valence electrons. The minimum absolute atomic E-state index is 0.288. The molecule has 1 rings (SSSR count). The first kappa shape index (κ1) is 12.6. The summed E-state index contributed by atoms with van der Waals surface area (Å²) in [6.07, 6.45) is 1.78. The molecule has 15 heavy (non-hydrogen) atoms. The van der Waals surface area contributed by atoms with Gasteiger partial charge in [0.25, 0.3) is 0 Å². The van der Waals surface area contributed by atoms with E-state index in [1.807, 2.05) is 0 Å². The number of nitrogens with one attached hydrogen (secondary N) is 1. The molecule has 3 heteroatoms. The van der Waals surface area contributed by atoms with Crippen LogP contribution in [0.2, 0.25) is 0 Å². The summed E-state index contributed by atoms with van der Waals surface area (Å²) in [6, 6.07) is 8.80. The number of benzene rings is 1. The van der Waals surface area contributed by atoms with Crippen LogP contribution in [0.4, 0.5) is 0 Å². The van der Waals surface area contributed by atoms with Crippen LogP contribution in [0.25, 0.3) is 0 Å². The molecule has 0 radical (unpaired) electrons. The van der Waals surface area contributed by atoms with Crippen LogP contribution in [0.5, 0.6) is 0 Å². The molecule has 0 fully saturated rings. The van der Waals surface area contributed by atoms with E-state index in [0.29, 0.717) is 6.54 Å². The molecule has 0 bridgehead atoms. The standard InChI is InChI=1S/C12H19NOS/c1-9(14)8-13-10(2)11-4-6-12(15-3)7-5-11/h4-7,9-10,13-14H,8H2,1-3H3/t9-,10-/m1/s1. The van der Waals surface area contributed by atoms with Crippen molar-refractivity contribution < 1.29 is 5.11 Å². The third kappa shape index (κ3) is 4.24. The molecular formula is C12H19NOS. The predicted molar refractivity (Wildman–Crippen MR) is 66.3 cm³/mol. The first-order chi connectivity index (χ1) is 7.13. The molecular weight excluding hydrogens is 206 g/mol. The third-order valence-electron chi connectivity index (χ3n) is 2.34. The average molecular weight is 225 g/mol. The minimum Gasteiger partial charge on any atom is -0.392 e. The molecule has 0 aliphatic heterocycles. The van der Waals surface area contributed by atoms with Crippen LogP contribution in [0.3, 0.4) is 0 Å². The lowest BCUT2D eigenvalue weighted by molar-refractivity contribution is 0.187. The fraction of sp³-hybridized carbons (Fsp3) is 0.500. The van der Waals surface area contributed by atoms with Crippen LogP contribution >= 0.6 is 11.8 Å². The van der Waals surface area contributed by atoms with Gasteiger partial charge >= 0.3 is 0 Å². The zero-order valence-electron chi connectivity index (χ0n) is 9.53. The molecule has 0 heterocycles. The van der Waals surface area contributed by atoms with Crippen LogP contribution in [0.1, 0.15) is 25.5 Å². The van der Waals surface area contributed by atoms with Gasteiger partial charge in [0.15, 0.2) is 0 Å². The Morgan fingerprint density at radius 3 is 2.33 bits per heavy atom. The first-order valence-corrected chi connectivity index (χ1v) is 6.41. The van der Waals surface area contributed by atoms with E-state index < -0.39 is 0 Å². The lowest BCUT2D eigenvalue weighted by Gasteiger charge is -2.15. The molecule has 1 aromatic rings. The van der Waals surface area contributed by atoms with Gasteiger partial charge in [-0.1, -0.05) is 12.1 Å². The summed E-state index contributed by atoms with van der Waals surface area (Å²) in [5.41, 5.74) is 1.26. The number of aliphatic hydroxyl groups excluding tert-OH is 1. The largest absolute Gasteiger partial charge is 0.392 e. The lowest BCUT2D eigenvalue weighted by atomic mass is 10.1. The highest BCUT2D eigenvalue weighted by Gasteiger charge is 2.05. The summed E-state index contributed by atoms with van der Waals surface area (Å²) in [4.78, 5) is 1.28. The van der Waals surface area contributed by atoms with Crippen molar-refractivity contribution in [1.82, 2.24) is 5.32 Å². The van der Waals surface area contributed by atoms with Gasteiger partial charge in [-0.3, -0.25) is 0 Å². The van der Waals surface area contributed by atoms with Crippen LogP contribution < -0.4 is 5.32 Å². The van der Waals surface area contributed by atoms with Crippen molar-refractivity contribution in [3.8, 4) is 0 Å². The van der Waals surface area contributed by atoms with Crippen molar-refractivity contribution in [2.24, 2.45) is 0 Å². The van der Waals surface area contributed by atoms with Gasteiger partial charge in [0.2, 0.25) is 0 Å². The Bertz CT molecular complexity index is 284. The van der Waals surface area contributed by atoms with Crippen molar-refractivity contribution in [3.05, 3.63) is 29.8 Å². The van der Waals surface area contributed by atoms with E-state index in [2.05, 4.69) is 42.8 Å². The zero-order chi connectivity index (χ0) is 11.3.